The van der Waals surface area contributed by atoms with E-state index >= 15 is 0 Å². The maximum absolute atomic E-state index is 12.8. The first-order valence-corrected chi connectivity index (χ1v) is 13.3. The number of nitrogens with one attached hydrogen (secondary N) is 3. The summed E-state index contributed by atoms with van der Waals surface area (Å²) in [5, 5.41) is 9.46. The van der Waals surface area contributed by atoms with Gasteiger partial charge in [0.2, 0.25) is 0 Å². The molecule has 1 fully saturated rings. The number of amides is 3. The van der Waals surface area contributed by atoms with Crippen LogP contribution in [0.15, 0.2) is 82.4 Å². The third-order valence-electron chi connectivity index (χ3n) is 6.16. The van der Waals surface area contributed by atoms with Crippen LogP contribution in [-0.2, 0) is 16.2 Å². The Bertz CT molecular complexity index is 1300. The normalized spacial score (nSPS) is 13.6. The highest BCUT2D eigenvalue weighted by atomic mass is 79.9. The van der Waals surface area contributed by atoms with Crippen LogP contribution in [0, 0.1) is 0 Å². The number of carbonyl (C=O) groups excluding carboxylic acids is 3. The van der Waals surface area contributed by atoms with Gasteiger partial charge >= 0.3 is 11.8 Å². The van der Waals surface area contributed by atoms with Gasteiger partial charge in [0.15, 0.2) is 0 Å². The molecule has 0 bridgehead atoms. The number of anilines is 1. The summed E-state index contributed by atoms with van der Waals surface area (Å²) in [4.78, 5) is 37.7. The van der Waals surface area contributed by atoms with Gasteiger partial charge in [0, 0.05) is 16.1 Å². The average Bonchev–Trinajstić information content (AvgIpc) is 2.94. The number of ether oxygens (including phenoxy) is 1. The minimum absolute atomic E-state index is 0.124. The standard InChI is InChI=1S/C29H29BrN4O4/c30-22-16-14-20(15-17-22)19-38-26-13-7-4-8-21(26)18-31-34-29(37)28(36)33-25-12-6-5-11-24(25)27(35)32-23-9-2-1-3-10-23/h4-8,11-18,23H,1-3,9-10,19H2,(H,32,35)(H,33,36)(H,34,37)/b31-18+. The van der Waals surface area contributed by atoms with E-state index in [-0.39, 0.29) is 17.6 Å². The SMILES string of the molecule is O=C(N/N=C/c1ccccc1OCc1ccc(Br)cc1)C(=O)Nc1ccccc1C(=O)NC1CCCCC1. The molecule has 0 radical (unpaired) electrons. The molecule has 1 aliphatic rings. The average molecular weight is 577 g/mol. The monoisotopic (exact) mass is 576 g/mol. The van der Waals surface area contributed by atoms with Gasteiger partial charge in [-0.25, -0.2) is 5.43 Å². The Morgan fingerprint density at radius 2 is 1.61 bits per heavy atom. The van der Waals surface area contributed by atoms with E-state index < -0.39 is 11.8 Å². The highest BCUT2D eigenvalue weighted by molar-refractivity contribution is 9.10. The number of benzene rings is 3. The predicted molar refractivity (Wildman–Crippen MR) is 150 cm³/mol. The number of para-hydroxylation sites is 2. The van der Waals surface area contributed by atoms with Crippen LogP contribution in [0.25, 0.3) is 0 Å². The lowest BCUT2D eigenvalue weighted by Gasteiger charge is -2.23. The molecule has 9 heteroatoms. The molecule has 196 valence electrons. The van der Waals surface area contributed by atoms with Gasteiger partial charge in [-0.15, -0.1) is 0 Å². The van der Waals surface area contributed by atoms with E-state index in [1.165, 1.54) is 12.6 Å². The molecule has 3 aromatic carbocycles. The molecule has 0 aromatic heterocycles. The number of carbonyl (C=O) groups is 3. The van der Waals surface area contributed by atoms with Gasteiger partial charge in [-0.1, -0.05) is 71.6 Å². The third-order valence-corrected chi connectivity index (χ3v) is 6.69. The van der Waals surface area contributed by atoms with Gasteiger partial charge in [-0.2, -0.15) is 5.10 Å². The van der Waals surface area contributed by atoms with Gasteiger partial charge in [0.25, 0.3) is 5.91 Å². The fourth-order valence-electron chi connectivity index (χ4n) is 4.15. The van der Waals surface area contributed by atoms with Crippen LogP contribution < -0.4 is 20.8 Å². The zero-order valence-corrected chi connectivity index (χ0v) is 22.4. The van der Waals surface area contributed by atoms with Crippen molar-refractivity contribution < 1.29 is 19.1 Å². The van der Waals surface area contributed by atoms with E-state index in [9.17, 15) is 14.4 Å². The van der Waals surface area contributed by atoms with Gasteiger partial charge < -0.3 is 15.4 Å². The summed E-state index contributed by atoms with van der Waals surface area (Å²) in [7, 11) is 0. The molecule has 0 aliphatic heterocycles. The summed E-state index contributed by atoms with van der Waals surface area (Å²) in [5.74, 6) is -1.58. The summed E-state index contributed by atoms with van der Waals surface area (Å²) in [5.41, 5.74) is 4.43. The van der Waals surface area contributed by atoms with Crippen molar-refractivity contribution in [2.24, 2.45) is 5.10 Å². The Morgan fingerprint density at radius 3 is 2.39 bits per heavy atom. The van der Waals surface area contributed by atoms with Crippen LogP contribution in [0.5, 0.6) is 5.75 Å². The molecule has 8 nitrogen and oxygen atoms in total. The number of hydrogen-bond acceptors (Lipinski definition) is 5. The van der Waals surface area contributed by atoms with Crippen LogP contribution in [0.1, 0.15) is 53.6 Å². The van der Waals surface area contributed by atoms with Gasteiger partial charge in [-0.05, 0) is 54.8 Å². The number of nitrogens with zero attached hydrogens (tertiary/aromatic N) is 1. The maximum atomic E-state index is 12.8. The molecule has 4 rings (SSSR count). The van der Waals surface area contributed by atoms with Crippen molar-refractivity contribution in [3.63, 3.8) is 0 Å². The third kappa shape index (κ3) is 7.76. The quantitative estimate of drug-likeness (QED) is 0.195. The first-order chi connectivity index (χ1) is 18.5. The zero-order chi connectivity index (χ0) is 26.7. The van der Waals surface area contributed by atoms with Gasteiger partial charge in [0.05, 0.1) is 17.5 Å². The van der Waals surface area contributed by atoms with E-state index in [0.29, 0.717) is 23.5 Å². The van der Waals surface area contributed by atoms with Crippen LogP contribution in [0.4, 0.5) is 5.69 Å². The summed E-state index contributed by atoms with van der Waals surface area (Å²) in [6.45, 7) is 0.362. The van der Waals surface area contributed by atoms with E-state index in [1.807, 2.05) is 36.4 Å². The lowest BCUT2D eigenvalue weighted by atomic mass is 9.95. The minimum atomic E-state index is -0.961. The summed E-state index contributed by atoms with van der Waals surface area (Å²) in [6, 6.07) is 21.8. The van der Waals surface area contributed by atoms with Crippen molar-refractivity contribution in [2.75, 3.05) is 5.32 Å². The molecule has 3 N–H and O–H groups in total. The van der Waals surface area contributed by atoms with E-state index in [0.717, 1.165) is 35.7 Å². The molecule has 0 atom stereocenters. The van der Waals surface area contributed by atoms with Crippen LogP contribution >= 0.6 is 15.9 Å². The molecule has 0 heterocycles. The van der Waals surface area contributed by atoms with Crippen molar-refractivity contribution >= 4 is 45.6 Å². The summed E-state index contributed by atoms with van der Waals surface area (Å²) >= 11 is 3.41. The second-order valence-electron chi connectivity index (χ2n) is 8.96. The first kappa shape index (κ1) is 27.1. The van der Waals surface area contributed by atoms with E-state index in [4.69, 9.17) is 4.74 Å². The molecule has 3 amide bonds. The minimum Gasteiger partial charge on any atom is -0.488 e. The van der Waals surface area contributed by atoms with Crippen LogP contribution in [0.3, 0.4) is 0 Å². The molecule has 3 aromatic rings. The van der Waals surface area contributed by atoms with E-state index in [2.05, 4.69) is 37.1 Å². The molecule has 1 saturated carbocycles. The summed E-state index contributed by atoms with van der Waals surface area (Å²) in [6.07, 6.45) is 6.66. The lowest BCUT2D eigenvalue weighted by Crippen LogP contribution is -2.37. The molecule has 1 aliphatic carbocycles. The second-order valence-corrected chi connectivity index (χ2v) is 9.88. The number of halogens is 1. The van der Waals surface area contributed by atoms with Crippen molar-refractivity contribution in [2.45, 2.75) is 44.8 Å². The van der Waals surface area contributed by atoms with Crippen LogP contribution in [0.2, 0.25) is 0 Å². The Hall–Kier alpha value is -3.98. The largest absolute Gasteiger partial charge is 0.488 e. The second kappa shape index (κ2) is 13.5. The molecule has 0 spiro atoms. The molecular formula is C29H29BrN4O4. The summed E-state index contributed by atoms with van der Waals surface area (Å²) < 4.78 is 6.89. The Labute approximate surface area is 230 Å². The van der Waals surface area contributed by atoms with Gasteiger partial charge in [0.1, 0.15) is 12.4 Å². The molecule has 0 unspecified atom stereocenters. The predicted octanol–water partition coefficient (Wildman–Crippen LogP) is 5.18. The van der Waals surface area contributed by atoms with Crippen molar-refractivity contribution in [3.05, 3.63) is 94.0 Å². The molecule has 38 heavy (non-hydrogen) atoms. The zero-order valence-electron chi connectivity index (χ0n) is 20.8. The first-order valence-electron chi connectivity index (χ1n) is 12.5. The highest BCUT2D eigenvalue weighted by Gasteiger charge is 2.21. The van der Waals surface area contributed by atoms with Crippen LogP contribution in [-0.4, -0.2) is 30.0 Å². The Kier molecular flexibility index (Phi) is 9.64. The lowest BCUT2D eigenvalue weighted by molar-refractivity contribution is -0.136. The number of hydrazone groups is 1. The van der Waals surface area contributed by atoms with E-state index in [1.54, 1.807) is 36.4 Å². The fraction of sp³-hybridized carbons (Fsp3) is 0.241. The topological polar surface area (TPSA) is 109 Å². The Morgan fingerprint density at radius 1 is 0.895 bits per heavy atom. The number of hydrogen-bond donors (Lipinski definition) is 3. The van der Waals surface area contributed by atoms with Crippen molar-refractivity contribution in [3.8, 4) is 5.75 Å². The highest BCUT2D eigenvalue weighted by Crippen LogP contribution is 2.21. The van der Waals surface area contributed by atoms with Crippen molar-refractivity contribution in [1.29, 1.82) is 0 Å². The Balaban J connectivity index is 1.33. The maximum Gasteiger partial charge on any atom is 0.329 e. The van der Waals surface area contributed by atoms with Crippen molar-refractivity contribution in [1.82, 2.24) is 10.7 Å². The molecule has 0 saturated heterocycles. The fourth-order valence-corrected chi connectivity index (χ4v) is 4.42. The molecular weight excluding hydrogens is 548 g/mol. The number of rotatable bonds is 8. The smallest absolute Gasteiger partial charge is 0.329 e. The van der Waals surface area contributed by atoms with Gasteiger partial charge in [-0.3, -0.25) is 14.4 Å².